The van der Waals surface area contributed by atoms with E-state index in [9.17, 15) is 26.4 Å². The van der Waals surface area contributed by atoms with Gasteiger partial charge in [0.15, 0.2) is 0 Å². The van der Waals surface area contributed by atoms with Crippen molar-refractivity contribution in [2.24, 2.45) is 11.8 Å². The molecule has 1 aliphatic heterocycles. The summed E-state index contributed by atoms with van der Waals surface area (Å²) in [5.41, 5.74) is 5.63. The van der Waals surface area contributed by atoms with Gasteiger partial charge in [-0.1, -0.05) is 43.3 Å². The monoisotopic (exact) mass is 704 g/mol. The summed E-state index contributed by atoms with van der Waals surface area (Å²) in [6, 6.07) is 16.1. The summed E-state index contributed by atoms with van der Waals surface area (Å²) in [7, 11) is -4.13. The second kappa shape index (κ2) is 13.6. The third-order valence-corrected chi connectivity index (χ3v) is 11.5. The number of carbonyl (C=O) groups is 1. The minimum atomic E-state index is -4.58. The molecule has 0 saturated carbocycles. The van der Waals surface area contributed by atoms with Gasteiger partial charge in [0, 0.05) is 37.7 Å². The van der Waals surface area contributed by atoms with Gasteiger partial charge in [0.2, 0.25) is 15.9 Å². The van der Waals surface area contributed by atoms with Crippen molar-refractivity contribution >= 4 is 32.7 Å². The molecule has 9 nitrogen and oxygen atoms in total. The molecular formula is C37H39F3N6O3S. The first-order valence-electron chi connectivity index (χ1n) is 16.5. The van der Waals surface area contributed by atoms with E-state index >= 15 is 0 Å². The van der Waals surface area contributed by atoms with E-state index in [0.717, 1.165) is 57.0 Å². The number of nitrogens with zero attached hydrogens (tertiary/aromatic N) is 5. The van der Waals surface area contributed by atoms with Crippen LogP contribution in [0.25, 0.3) is 11.0 Å². The van der Waals surface area contributed by atoms with Crippen molar-refractivity contribution in [3.63, 3.8) is 0 Å². The molecule has 1 N–H and O–H groups in total. The molecule has 2 aromatic heterocycles. The zero-order chi connectivity index (χ0) is 36.0. The van der Waals surface area contributed by atoms with Crippen LogP contribution >= 0.6 is 0 Å². The molecule has 0 fully saturated rings. The molecule has 13 heteroatoms. The molecule has 3 atom stereocenters. The molecule has 3 heterocycles. The summed E-state index contributed by atoms with van der Waals surface area (Å²) in [5.74, 6) is -1.49. The van der Waals surface area contributed by atoms with Crippen molar-refractivity contribution < 1.29 is 26.4 Å². The summed E-state index contributed by atoms with van der Waals surface area (Å²) in [5, 5.41) is 11.7. The van der Waals surface area contributed by atoms with Gasteiger partial charge in [0.05, 0.1) is 27.9 Å². The van der Waals surface area contributed by atoms with E-state index < -0.39 is 33.6 Å². The van der Waals surface area contributed by atoms with Crippen LogP contribution in [-0.2, 0) is 40.5 Å². The van der Waals surface area contributed by atoms with Gasteiger partial charge < -0.3 is 5.32 Å². The van der Waals surface area contributed by atoms with Crippen LogP contribution in [0.3, 0.4) is 0 Å². The van der Waals surface area contributed by atoms with Crippen molar-refractivity contribution in [2.45, 2.75) is 71.1 Å². The second-order valence-corrected chi connectivity index (χ2v) is 15.1. The number of hydrogen-bond acceptors (Lipinski definition) is 6. The lowest BCUT2D eigenvalue weighted by Gasteiger charge is -2.28. The first-order chi connectivity index (χ1) is 23.7. The van der Waals surface area contributed by atoms with Gasteiger partial charge in [-0.3, -0.25) is 9.78 Å². The van der Waals surface area contributed by atoms with Crippen molar-refractivity contribution in [1.82, 2.24) is 24.3 Å². The van der Waals surface area contributed by atoms with E-state index in [4.69, 9.17) is 0 Å². The fourth-order valence-electron chi connectivity index (χ4n) is 6.92. The summed E-state index contributed by atoms with van der Waals surface area (Å²) >= 11 is 0. The topological polar surface area (TPSA) is 110 Å². The van der Waals surface area contributed by atoms with Crippen LogP contribution < -0.4 is 5.32 Å². The molecule has 6 rings (SSSR count). The van der Waals surface area contributed by atoms with Crippen LogP contribution in [0.4, 0.5) is 18.9 Å². The summed E-state index contributed by atoms with van der Waals surface area (Å²) in [6.45, 7) is 10.3. The molecule has 0 radical (unpaired) electrons. The highest BCUT2D eigenvalue weighted by molar-refractivity contribution is 7.89. The lowest BCUT2D eigenvalue weighted by molar-refractivity contribution is -0.137. The molecule has 1 aliphatic rings. The summed E-state index contributed by atoms with van der Waals surface area (Å²) < 4.78 is 71.8. The molecule has 50 heavy (non-hydrogen) atoms. The first-order valence-corrected chi connectivity index (χ1v) is 18.0. The lowest BCUT2D eigenvalue weighted by Crippen LogP contribution is -2.33. The minimum Gasteiger partial charge on any atom is -0.324 e. The van der Waals surface area contributed by atoms with E-state index in [0.29, 0.717) is 12.2 Å². The van der Waals surface area contributed by atoms with Gasteiger partial charge >= 0.3 is 6.18 Å². The molecule has 0 saturated heterocycles. The maximum atomic E-state index is 14.0. The fraction of sp³-hybridized carbons (Fsp3) is 0.351. The predicted octanol–water partition coefficient (Wildman–Crippen LogP) is 7.27. The number of halogens is 3. The first kappa shape index (κ1) is 35.2. The number of benzene rings is 3. The van der Waals surface area contributed by atoms with Crippen molar-refractivity contribution in [3.05, 3.63) is 112 Å². The molecular weight excluding hydrogens is 666 g/mol. The predicted molar refractivity (Wildman–Crippen MR) is 185 cm³/mol. The van der Waals surface area contributed by atoms with Crippen LogP contribution in [0, 0.1) is 25.7 Å². The molecule has 1 amide bonds. The number of alkyl halides is 3. The van der Waals surface area contributed by atoms with Gasteiger partial charge in [0.1, 0.15) is 5.52 Å². The van der Waals surface area contributed by atoms with Crippen LogP contribution in [0.5, 0.6) is 0 Å². The Morgan fingerprint density at radius 1 is 1.08 bits per heavy atom. The quantitative estimate of drug-likeness (QED) is 0.182. The Balaban J connectivity index is 1.41. The Morgan fingerprint density at radius 3 is 2.56 bits per heavy atom. The lowest BCUT2D eigenvalue weighted by atomic mass is 9.78. The van der Waals surface area contributed by atoms with Gasteiger partial charge in [-0.25, -0.2) is 13.1 Å². The normalized spacial score (nSPS) is 17.6. The standard InChI is InChI=1S/C37H39F3N6O3S/c1-6-46-32-13-12-31(24(4)35(32)43-44-46)34(25(5)36(47)42-30-8-7-15-41-19-30)26-10-9-23(3)28(17-26)21-45-20-22(2)16-27-18-29(37(38,39)40)11-14-33(27)50(45,48)49/h7-15,17-19,22,25,34H,6,16,20-21H2,1-5H3,(H,42,47)/t22-,25+,34-/m0/s1. The molecule has 3 aromatic carbocycles. The van der Waals surface area contributed by atoms with E-state index in [1.807, 2.05) is 69.6 Å². The number of carbonyl (C=O) groups excluding carboxylic acids is 1. The maximum absolute atomic E-state index is 14.0. The van der Waals surface area contributed by atoms with E-state index in [-0.39, 0.29) is 41.8 Å². The largest absolute Gasteiger partial charge is 0.416 e. The van der Waals surface area contributed by atoms with E-state index in [1.165, 1.54) is 4.31 Å². The number of fused-ring (bicyclic) bond motifs is 2. The fourth-order valence-corrected chi connectivity index (χ4v) is 8.67. The SMILES string of the molecule is CCn1nnc2c(C)c([C@H](c3ccc(C)c(CN4C[C@@H](C)Cc5cc(C(F)(F)F)ccc5S4(=O)=O)c3)[C@@H](C)C(=O)Nc3cccnc3)ccc21. The van der Waals surface area contributed by atoms with Gasteiger partial charge in [0.25, 0.3) is 0 Å². The Morgan fingerprint density at radius 2 is 1.86 bits per heavy atom. The minimum absolute atomic E-state index is 0.0125. The molecule has 0 spiro atoms. The van der Waals surface area contributed by atoms with Crippen molar-refractivity contribution in [2.75, 3.05) is 11.9 Å². The highest BCUT2D eigenvalue weighted by atomic mass is 32.2. The summed E-state index contributed by atoms with van der Waals surface area (Å²) in [6.07, 6.45) is -1.18. The Hall–Kier alpha value is -4.62. The third kappa shape index (κ3) is 6.76. The number of hydrogen-bond donors (Lipinski definition) is 1. The molecule has 5 aromatic rings. The van der Waals surface area contributed by atoms with Crippen LogP contribution in [0.2, 0.25) is 0 Å². The number of sulfonamides is 1. The number of anilines is 1. The van der Waals surface area contributed by atoms with Gasteiger partial charge in [-0.05, 0) is 103 Å². The van der Waals surface area contributed by atoms with Gasteiger partial charge in [-0.15, -0.1) is 5.10 Å². The van der Waals surface area contributed by atoms with E-state index in [2.05, 4.69) is 20.6 Å². The zero-order valence-electron chi connectivity index (χ0n) is 28.5. The number of rotatable bonds is 8. The third-order valence-electron chi connectivity index (χ3n) is 9.63. The molecule has 0 bridgehead atoms. The van der Waals surface area contributed by atoms with Crippen LogP contribution in [0.1, 0.15) is 65.6 Å². The zero-order valence-corrected chi connectivity index (χ0v) is 29.3. The number of aryl methyl sites for hydroxylation is 3. The Labute approximate surface area is 289 Å². The second-order valence-electron chi connectivity index (χ2n) is 13.2. The Kier molecular flexibility index (Phi) is 9.57. The highest BCUT2D eigenvalue weighted by Gasteiger charge is 2.37. The number of pyridine rings is 1. The summed E-state index contributed by atoms with van der Waals surface area (Å²) in [4.78, 5) is 17.8. The average molecular weight is 705 g/mol. The number of aromatic nitrogens is 4. The van der Waals surface area contributed by atoms with E-state index in [1.54, 1.807) is 24.5 Å². The maximum Gasteiger partial charge on any atom is 0.416 e. The average Bonchev–Trinajstić information content (AvgIpc) is 3.47. The molecule has 0 aliphatic carbocycles. The van der Waals surface area contributed by atoms with Crippen LogP contribution in [0.15, 0.2) is 78.0 Å². The molecule has 262 valence electrons. The highest BCUT2D eigenvalue weighted by Crippen LogP contribution is 2.39. The molecule has 0 unspecified atom stereocenters. The van der Waals surface area contributed by atoms with Crippen molar-refractivity contribution in [3.8, 4) is 0 Å². The van der Waals surface area contributed by atoms with Gasteiger partial charge in [-0.2, -0.15) is 17.5 Å². The number of amides is 1. The van der Waals surface area contributed by atoms with Crippen molar-refractivity contribution in [1.29, 1.82) is 0 Å². The Bertz CT molecular complexity index is 2170. The number of nitrogens with one attached hydrogen (secondary N) is 1. The van der Waals surface area contributed by atoms with Crippen LogP contribution in [-0.4, -0.2) is 45.2 Å². The smallest absolute Gasteiger partial charge is 0.324 e.